The molecule has 12 heavy (non-hydrogen) atoms. The maximum Gasteiger partial charge on any atom is -0.0201 e. The van der Waals surface area contributed by atoms with E-state index in [0.29, 0.717) is 0 Å². The van der Waals surface area contributed by atoms with Gasteiger partial charge in [0.05, 0.1) is 0 Å². The molecular weight excluding hydrogens is 144 g/mol. The lowest BCUT2D eigenvalue weighted by atomic mass is 9.95. The Hall–Kier alpha value is -1.04. The van der Waals surface area contributed by atoms with Crippen LogP contribution in [0, 0.1) is 20.8 Å². The topological polar surface area (TPSA) is 0 Å². The zero-order chi connectivity index (χ0) is 9.30. The van der Waals surface area contributed by atoms with Crippen molar-refractivity contribution in [2.24, 2.45) is 0 Å². The van der Waals surface area contributed by atoms with E-state index >= 15 is 0 Å². The van der Waals surface area contributed by atoms with Crippen LogP contribution < -0.4 is 0 Å². The van der Waals surface area contributed by atoms with Gasteiger partial charge in [0.1, 0.15) is 0 Å². The Morgan fingerprint density at radius 3 is 2.17 bits per heavy atom. The molecule has 0 aliphatic carbocycles. The van der Waals surface area contributed by atoms with E-state index in [2.05, 4.69) is 46.4 Å². The van der Waals surface area contributed by atoms with Gasteiger partial charge >= 0.3 is 0 Å². The van der Waals surface area contributed by atoms with Crippen molar-refractivity contribution in [2.75, 3.05) is 0 Å². The molecule has 0 spiro atoms. The molecule has 0 radical (unpaired) electrons. The van der Waals surface area contributed by atoms with Crippen LogP contribution in [0.25, 0.3) is 5.57 Å². The minimum absolute atomic E-state index is 1.15. The fourth-order valence-corrected chi connectivity index (χ4v) is 1.42. The summed E-state index contributed by atoms with van der Waals surface area (Å²) in [6, 6.07) is 4.31. The number of benzene rings is 1. The van der Waals surface area contributed by atoms with Gasteiger partial charge < -0.3 is 0 Å². The third kappa shape index (κ3) is 1.42. The minimum Gasteiger partial charge on any atom is -0.0955 e. The Balaban J connectivity index is 3.36. The van der Waals surface area contributed by atoms with Gasteiger partial charge in [-0.15, -0.1) is 0 Å². The third-order valence-electron chi connectivity index (χ3n) is 2.52. The highest BCUT2D eigenvalue weighted by Crippen LogP contribution is 2.21. The summed E-state index contributed by atoms with van der Waals surface area (Å²) < 4.78 is 0. The first kappa shape index (κ1) is 9.05. The molecule has 0 aliphatic heterocycles. The van der Waals surface area contributed by atoms with E-state index in [1.165, 1.54) is 22.3 Å². The van der Waals surface area contributed by atoms with Crippen LogP contribution in [0.2, 0.25) is 0 Å². The van der Waals surface area contributed by atoms with Crippen molar-refractivity contribution in [3.05, 3.63) is 41.0 Å². The van der Waals surface area contributed by atoms with Crippen molar-refractivity contribution in [2.45, 2.75) is 27.7 Å². The maximum absolute atomic E-state index is 3.96. The van der Waals surface area contributed by atoms with Crippen LogP contribution in [0.15, 0.2) is 18.7 Å². The zero-order valence-corrected chi connectivity index (χ0v) is 8.36. The predicted molar refractivity (Wildman–Crippen MR) is 55.4 cm³/mol. The molecule has 0 heteroatoms. The molecule has 0 fully saturated rings. The number of hydrogen-bond donors (Lipinski definition) is 0. The van der Waals surface area contributed by atoms with Crippen LogP contribution in [0.1, 0.15) is 29.2 Å². The highest BCUT2D eigenvalue weighted by Gasteiger charge is 2.02. The summed E-state index contributed by atoms with van der Waals surface area (Å²) in [5.41, 5.74) is 6.55. The molecule has 0 amide bonds. The minimum atomic E-state index is 1.15. The van der Waals surface area contributed by atoms with Gasteiger partial charge in [-0.25, -0.2) is 0 Å². The Bertz CT molecular complexity index is 319. The van der Waals surface area contributed by atoms with E-state index in [1.54, 1.807) is 0 Å². The van der Waals surface area contributed by atoms with Crippen molar-refractivity contribution in [3.63, 3.8) is 0 Å². The molecule has 0 aliphatic rings. The van der Waals surface area contributed by atoms with E-state index in [0.717, 1.165) is 5.57 Å². The van der Waals surface area contributed by atoms with Crippen LogP contribution in [0.4, 0.5) is 0 Å². The quantitative estimate of drug-likeness (QED) is 0.588. The Morgan fingerprint density at radius 1 is 1.08 bits per heavy atom. The number of aryl methyl sites for hydroxylation is 1. The molecule has 0 N–H and O–H groups in total. The van der Waals surface area contributed by atoms with Crippen LogP contribution in [0.3, 0.4) is 0 Å². The number of allylic oxidation sites excluding steroid dienone is 1. The summed E-state index contributed by atoms with van der Waals surface area (Å²) in [6.45, 7) is 12.5. The van der Waals surface area contributed by atoms with Gasteiger partial charge in [-0.2, -0.15) is 0 Å². The van der Waals surface area contributed by atoms with E-state index in [-0.39, 0.29) is 0 Å². The lowest BCUT2D eigenvalue weighted by Crippen LogP contribution is -1.91. The summed E-state index contributed by atoms with van der Waals surface area (Å²) in [4.78, 5) is 0. The monoisotopic (exact) mass is 160 g/mol. The van der Waals surface area contributed by atoms with Gasteiger partial charge in [-0.3, -0.25) is 0 Å². The lowest BCUT2D eigenvalue weighted by molar-refractivity contribution is 1.25. The van der Waals surface area contributed by atoms with Gasteiger partial charge in [0.25, 0.3) is 0 Å². The molecule has 0 heterocycles. The molecule has 0 bridgehead atoms. The molecule has 0 nitrogen and oxygen atoms in total. The predicted octanol–water partition coefficient (Wildman–Crippen LogP) is 3.64. The van der Waals surface area contributed by atoms with Gasteiger partial charge in [0.2, 0.25) is 0 Å². The molecule has 64 valence electrons. The fourth-order valence-electron chi connectivity index (χ4n) is 1.42. The molecule has 0 saturated heterocycles. The first-order valence-electron chi connectivity index (χ1n) is 4.26. The standard InChI is InChI=1S/C12H16/c1-8(2)12-7-6-9(3)10(4)11(12)5/h6-7H,1H2,2-5H3. The molecule has 1 aromatic rings. The average Bonchev–Trinajstić information content (AvgIpc) is 2.00. The molecular formula is C12H16. The second kappa shape index (κ2) is 3.14. The van der Waals surface area contributed by atoms with Crippen LogP contribution in [0.5, 0.6) is 0 Å². The molecule has 0 saturated carbocycles. The van der Waals surface area contributed by atoms with E-state index in [9.17, 15) is 0 Å². The van der Waals surface area contributed by atoms with Gasteiger partial charge in [-0.1, -0.05) is 24.3 Å². The Morgan fingerprint density at radius 2 is 1.67 bits per heavy atom. The first-order chi connectivity index (χ1) is 5.54. The molecule has 1 rings (SSSR count). The van der Waals surface area contributed by atoms with Crippen molar-refractivity contribution < 1.29 is 0 Å². The summed E-state index contributed by atoms with van der Waals surface area (Å²) in [6.07, 6.45) is 0. The fraction of sp³-hybridized carbons (Fsp3) is 0.333. The van der Waals surface area contributed by atoms with Crippen molar-refractivity contribution in [1.29, 1.82) is 0 Å². The lowest BCUT2D eigenvalue weighted by Gasteiger charge is -2.10. The molecule has 0 unspecified atom stereocenters. The Kier molecular flexibility index (Phi) is 2.37. The maximum atomic E-state index is 3.96. The largest absolute Gasteiger partial charge is 0.0955 e. The second-order valence-electron chi connectivity index (χ2n) is 3.46. The van der Waals surface area contributed by atoms with Crippen molar-refractivity contribution in [1.82, 2.24) is 0 Å². The first-order valence-corrected chi connectivity index (χ1v) is 4.26. The smallest absolute Gasteiger partial charge is 0.0201 e. The van der Waals surface area contributed by atoms with Crippen LogP contribution in [-0.2, 0) is 0 Å². The normalized spacial score (nSPS) is 10.0. The molecule has 1 aromatic carbocycles. The van der Waals surface area contributed by atoms with Gasteiger partial charge in [-0.05, 0) is 49.9 Å². The van der Waals surface area contributed by atoms with Crippen molar-refractivity contribution >= 4 is 5.57 Å². The van der Waals surface area contributed by atoms with Crippen molar-refractivity contribution in [3.8, 4) is 0 Å². The van der Waals surface area contributed by atoms with E-state index in [1.807, 2.05) is 0 Å². The Labute approximate surface area is 74.9 Å². The summed E-state index contributed by atoms with van der Waals surface area (Å²) in [7, 11) is 0. The summed E-state index contributed by atoms with van der Waals surface area (Å²) in [5.74, 6) is 0. The third-order valence-corrected chi connectivity index (χ3v) is 2.52. The van der Waals surface area contributed by atoms with E-state index < -0.39 is 0 Å². The highest BCUT2D eigenvalue weighted by atomic mass is 14.1. The molecule has 0 aromatic heterocycles. The van der Waals surface area contributed by atoms with Crippen LogP contribution in [-0.4, -0.2) is 0 Å². The van der Waals surface area contributed by atoms with Gasteiger partial charge in [0.15, 0.2) is 0 Å². The SMILES string of the molecule is C=C(C)c1ccc(C)c(C)c1C. The van der Waals surface area contributed by atoms with E-state index in [4.69, 9.17) is 0 Å². The molecule has 0 atom stereocenters. The second-order valence-corrected chi connectivity index (χ2v) is 3.46. The summed E-state index contributed by atoms with van der Waals surface area (Å²) in [5, 5.41) is 0. The summed E-state index contributed by atoms with van der Waals surface area (Å²) >= 11 is 0. The zero-order valence-electron chi connectivity index (χ0n) is 8.36. The number of hydrogen-bond acceptors (Lipinski definition) is 0. The van der Waals surface area contributed by atoms with Crippen LogP contribution >= 0.6 is 0 Å². The highest BCUT2D eigenvalue weighted by molar-refractivity contribution is 5.66. The average molecular weight is 160 g/mol. The van der Waals surface area contributed by atoms with Gasteiger partial charge in [0, 0.05) is 0 Å². The number of rotatable bonds is 1.